The summed E-state index contributed by atoms with van der Waals surface area (Å²) in [6, 6.07) is 5.16. The monoisotopic (exact) mass is 450 g/mol. The molecule has 1 saturated heterocycles. The van der Waals surface area contributed by atoms with Crippen molar-refractivity contribution in [3.8, 4) is 0 Å². The van der Waals surface area contributed by atoms with Crippen molar-refractivity contribution >= 4 is 21.9 Å². The van der Waals surface area contributed by atoms with Crippen LogP contribution in [0.1, 0.15) is 56.6 Å². The van der Waals surface area contributed by atoms with Crippen molar-refractivity contribution in [1.82, 2.24) is 9.62 Å². The molecule has 0 unspecified atom stereocenters. The third-order valence-electron chi connectivity index (χ3n) is 7.01. The van der Waals surface area contributed by atoms with Crippen LogP contribution in [-0.4, -0.2) is 50.3 Å². The molecular formula is C23H34N2O5S. The molecule has 0 spiro atoms. The van der Waals surface area contributed by atoms with Gasteiger partial charge in [0.05, 0.1) is 12.0 Å². The number of carbonyl (C=O) groups excluding carboxylic acids is 2. The van der Waals surface area contributed by atoms with E-state index >= 15 is 0 Å². The summed E-state index contributed by atoms with van der Waals surface area (Å²) in [5.41, 5.74) is 1.03. The molecule has 8 heteroatoms. The van der Waals surface area contributed by atoms with Gasteiger partial charge in [-0.25, -0.2) is 13.2 Å². The molecule has 1 aromatic carbocycles. The lowest BCUT2D eigenvalue weighted by molar-refractivity contribution is -0.153. The van der Waals surface area contributed by atoms with E-state index in [4.69, 9.17) is 4.74 Å². The van der Waals surface area contributed by atoms with Crippen LogP contribution >= 0.6 is 0 Å². The molecule has 172 valence electrons. The summed E-state index contributed by atoms with van der Waals surface area (Å²) in [6.45, 7) is 6.57. The maximum absolute atomic E-state index is 13.0. The van der Waals surface area contributed by atoms with Gasteiger partial charge >= 0.3 is 5.97 Å². The summed E-state index contributed by atoms with van der Waals surface area (Å²) in [5, 5.41) is 2.99. The molecule has 0 bridgehead atoms. The van der Waals surface area contributed by atoms with Crippen LogP contribution in [0.3, 0.4) is 0 Å². The number of hydrogen-bond donors (Lipinski definition) is 1. The molecule has 31 heavy (non-hydrogen) atoms. The first-order valence-electron chi connectivity index (χ1n) is 11.1. The number of sulfonamides is 1. The number of nitrogens with one attached hydrogen (secondary N) is 1. The van der Waals surface area contributed by atoms with Crippen molar-refractivity contribution in [2.45, 2.75) is 69.7 Å². The van der Waals surface area contributed by atoms with E-state index in [0.717, 1.165) is 24.0 Å². The van der Waals surface area contributed by atoms with Crippen LogP contribution < -0.4 is 5.32 Å². The Morgan fingerprint density at radius 3 is 2.23 bits per heavy atom. The lowest BCUT2D eigenvalue weighted by atomic mass is 9.76. The summed E-state index contributed by atoms with van der Waals surface area (Å²) >= 11 is 0. The van der Waals surface area contributed by atoms with E-state index < -0.39 is 15.6 Å². The van der Waals surface area contributed by atoms with Gasteiger partial charge in [0, 0.05) is 19.0 Å². The van der Waals surface area contributed by atoms with Crippen molar-refractivity contribution in [1.29, 1.82) is 0 Å². The molecule has 1 saturated carbocycles. The standard InChI is InChI=1S/C23H34N2O5S/c1-16-7-11-23(12-8-16,22(27)30-4)24-21(26)19-9-13-25(14-10-19)31(28,29)20-6-5-17(2)18(3)15-20/h5-6,15-16,19H,7-14H2,1-4H3,(H,24,26). The fraction of sp³-hybridized carbons (Fsp3) is 0.652. The Hall–Kier alpha value is -1.93. The van der Waals surface area contributed by atoms with Crippen LogP contribution in [0.15, 0.2) is 23.1 Å². The number of methoxy groups -OCH3 is 1. The minimum Gasteiger partial charge on any atom is -0.467 e. The van der Waals surface area contributed by atoms with Crippen LogP contribution in [0, 0.1) is 25.7 Å². The summed E-state index contributed by atoms with van der Waals surface area (Å²) in [4.78, 5) is 25.8. The number of piperidine rings is 1. The third-order valence-corrected chi connectivity index (χ3v) is 8.90. The van der Waals surface area contributed by atoms with Gasteiger partial charge in [-0.05, 0) is 81.5 Å². The highest BCUT2D eigenvalue weighted by Crippen LogP contribution is 2.34. The highest BCUT2D eigenvalue weighted by atomic mass is 32.2. The molecule has 1 amide bonds. The van der Waals surface area contributed by atoms with Crippen LogP contribution in [0.2, 0.25) is 0 Å². The average molecular weight is 451 g/mol. The second kappa shape index (κ2) is 9.28. The molecule has 3 rings (SSSR count). The Balaban J connectivity index is 1.65. The lowest BCUT2D eigenvalue weighted by Crippen LogP contribution is -2.58. The largest absolute Gasteiger partial charge is 0.467 e. The molecule has 1 N–H and O–H groups in total. The maximum Gasteiger partial charge on any atom is 0.331 e. The predicted molar refractivity (Wildman–Crippen MR) is 118 cm³/mol. The van der Waals surface area contributed by atoms with Crippen LogP contribution in [-0.2, 0) is 24.3 Å². The van der Waals surface area contributed by atoms with Gasteiger partial charge in [-0.2, -0.15) is 4.31 Å². The van der Waals surface area contributed by atoms with Gasteiger partial charge in [0.15, 0.2) is 0 Å². The van der Waals surface area contributed by atoms with Gasteiger partial charge in [0.2, 0.25) is 15.9 Å². The highest BCUT2D eigenvalue weighted by Gasteiger charge is 2.45. The van der Waals surface area contributed by atoms with Crippen molar-refractivity contribution in [3.63, 3.8) is 0 Å². The Morgan fingerprint density at radius 1 is 1.06 bits per heavy atom. The number of rotatable bonds is 5. The summed E-state index contributed by atoms with van der Waals surface area (Å²) < 4.78 is 32.5. The molecule has 1 aromatic rings. The first kappa shape index (κ1) is 23.7. The number of hydrogen-bond acceptors (Lipinski definition) is 5. The minimum absolute atomic E-state index is 0.178. The first-order chi connectivity index (χ1) is 14.6. The van der Waals surface area contributed by atoms with E-state index in [1.807, 2.05) is 19.9 Å². The van der Waals surface area contributed by atoms with E-state index in [9.17, 15) is 18.0 Å². The molecule has 1 aliphatic heterocycles. The number of esters is 1. The van der Waals surface area contributed by atoms with Crippen molar-refractivity contribution in [3.05, 3.63) is 29.3 Å². The van der Waals surface area contributed by atoms with Gasteiger partial charge in [-0.15, -0.1) is 0 Å². The topological polar surface area (TPSA) is 92.8 Å². The zero-order valence-corrected chi connectivity index (χ0v) is 19.8. The number of aryl methyl sites for hydroxylation is 2. The second-order valence-electron chi connectivity index (χ2n) is 9.17. The quantitative estimate of drug-likeness (QED) is 0.697. The van der Waals surface area contributed by atoms with E-state index in [0.29, 0.717) is 36.5 Å². The number of amides is 1. The Labute approximate surface area is 185 Å². The average Bonchev–Trinajstić information content (AvgIpc) is 2.76. The van der Waals surface area contributed by atoms with E-state index in [-0.39, 0.29) is 30.9 Å². The van der Waals surface area contributed by atoms with E-state index in [2.05, 4.69) is 12.2 Å². The molecule has 2 fully saturated rings. The van der Waals surface area contributed by atoms with Crippen LogP contribution in [0.25, 0.3) is 0 Å². The molecule has 0 aromatic heterocycles. The highest BCUT2D eigenvalue weighted by molar-refractivity contribution is 7.89. The molecule has 2 aliphatic rings. The maximum atomic E-state index is 13.0. The third kappa shape index (κ3) is 4.95. The molecular weight excluding hydrogens is 416 g/mol. The smallest absolute Gasteiger partial charge is 0.331 e. The number of benzene rings is 1. The molecule has 1 heterocycles. The number of carbonyl (C=O) groups is 2. The molecule has 1 aliphatic carbocycles. The molecule has 0 atom stereocenters. The zero-order valence-electron chi connectivity index (χ0n) is 18.9. The van der Waals surface area contributed by atoms with Crippen molar-refractivity contribution < 1.29 is 22.7 Å². The Morgan fingerprint density at radius 2 is 1.68 bits per heavy atom. The fourth-order valence-corrected chi connectivity index (χ4v) is 6.11. The van der Waals surface area contributed by atoms with E-state index in [1.165, 1.54) is 11.4 Å². The van der Waals surface area contributed by atoms with E-state index in [1.54, 1.807) is 12.1 Å². The Bertz CT molecular complexity index is 927. The van der Waals surface area contributed by atoms with Gasteiger partial charge < -0.3 is 10.1 Å². The SMILES string of the molecule is COC(=O)C1(NC(=O)C2CCN(S(=O)(=O)c3ccc(C)c(C)c3)CC2)CCC(C)CC1. The van der Waals surface area contributed by atoms with Gasteiger partial charge in [0.25, 0.3) is 0 Å². The van der Waals surface area contributed by atoms with Crippen LogP contribution in [0.5, 0.6) is 0 Å². The second-order valence-corrected chi connectivity index (χ2v) is 11.1. The summed E-state index contributed by atoms with van der Waals surface area (Å²) in [7, 11) is -2.23. The van der Waals surface area contributed by atoms with Crippen LogP contribution in [0.4, 0.5) is 0 Å². The Kier molecular flexibility index (Phi) is 7.11. The minimum atomic E-state index is -3.59. The molecule has 0 radical (unpaired) electrons. The van der Waals surface area contributed by atoms with Crippen molar-refractivity contribution in [2.24, 2.45) is 11.8 Å². The van der Waals surface area contributed by atoms with Gasteiger partial charge in [0.1, 0.15) is 5.54 Å². The number of ether oxygens (including phenoxy) is 1. The van der Waals surface area contributed by atoms with Crippen molar-refractivity contribution in [2.75, 3.05) is 20.2 Å². The normalized spacial score (nSPS) is 25.7. The molecule has 7 nitrogen and oxygen atoms in total. The fourth-order valence-electron chi connectivity index (χ4n) is 4.55. The summed E-state index contributed by atoms with van der Waals surface area (Å²) in [5.74, 6) is -0.355. The first-order valence-corrected chi connectivity index (χ1v) is 12.5. The van der Waals surface area contributed by atoms with Gasteiger partial charge in [-0.1, -0.05) is 13.0 Å². The summed E-state index contributed by atoms with van der Waals surface area (Å²) in [6.07, 6.45) is 3.75. The number of nitrogens with zero attached hydrogens (tertiary/aromatic N) is 1. The predicted octanol–water partition coefficient (Wildman–Crippen LogP) is 2.94. The zero-order chi connectivity index (χ0) is 22.8. The lowest BCUT2D eigenvalue weighted by Gasteiger charge is -2.39. The van der Waals surface area contributed by atoms with Gasteiger partial charge in [-0.3, -0.25) is 4.79 Å².